The monoisotopic (exact) mass is 406 g/mol. The van der Waals surface area contributed by atoms with Gasteiger partial charge in [0.15, 0.2) is 12.4 Å². The molecule has 1 atom stereocenters. The first-order chi connectivity index (χ1) is 13.7. The fraction of sp³-hybridized carbons (Fsp3) is 0.250. The Morgan fingerprint density at radius 2 is 1.79 bits per heavy atom. The second kappa shape index (κ2) is 7.94. The van der Waals surface area contributed by atoms with Crippen LogP contribution in [0, 0.1) is 0 Å². The molecule has 1 N–H and O–H groups in total. The van der Waals surface area contributed by atoms with Gasteiger partial charge < -0.3 is 10.1 Å². The van der Waals surface area contributed by atoms with Crippen LogP contribution in [0.15, 0.2) is 48.5 Å². The van der Waals surface area contributed by atoms with Crippen LogP contribution in [0.3, 0.4) is 0 Å². The number of rotatable bonds is 4. The van der Waals surface area contributed by atoms with Crippen LogP contribution < -0.4 is 15.0 Å². The number of fused-ring (bicyclic) bond motifs is 1. The Labute approximate surface area is 164 Å². The lowest BCUT2D eigenvalue weighted by molar-refractivity contribution is -0.158. The number of amides is 2. The summed E-state index contributed by atoms with van der Waals surface area (Å²) in [5.41, 5.74) is 0.497. The van der Waals surface area contributed by atoms with Crippen molar-refractivity contribution in [3.05, 3.63) is 54.1 Å². The molecule has 0 aromatic heterocycles. The molecule has 6 nitrogen and oxygen atoms in total. The number of carbonyl (C=O) groups is 3. The fourth-order valence-electron chi connectivity index (χ4n) is 3.00. The van der Waals surface area contributed by atoms with E-state index in [1.54, 1.807) is 6.07 Å². The molecule has 0 saturated heterocycles. The maximum Gasteiger partial charge on any atom is 0.409 e. The van der Waals surface area contributed by atoms with E-state index in [9.17, 15) is 27.6 Å². The largest absolute Gasteiger partial charge is 0.484 e. The molecule has 3 rings (SSSR count). The summed E-state index contributed by atoms with van der Waals surface area (Å²) in [5, 5.41) is 2.39. The van der Waals surface area contributed by atoms with Crippen LogP contribution in [-0.4, -0.2) is 36.4 Å². The van der Waals surface area contributed by atoms with E-state index in [1.165, 1.54) is 49.4 Å². The van der Waals surface area contributed by atoms with Crippen LogP contribution in [0.4, 0.5) is 24.5 Å². The summed E-state index contributed by atoms with van der Waals surface area (Å²) in [4.78, 5) is 36.5. The minimum atomic E-state index is -4.81. The summed E-state index contributed by atoms with van der Waals surface area (Å²) in [6, 6.07) is 9.34. The Balaban J connectivity index is 1.87. The highest BCUT2D eigenvalue weighted by atomic mass is 19.4. The minimum Gasteiger partial charge on any atom is -0.484 e. The van der Waals surface area contributed by atoms with Gasteiger partial charge in [0.05, 0.1) is 17.8 Å². The highest BCUT2D eigenvalue weighted by molar-refractivity contribution is 6.05. The Bertz CT molecular complexity index is 941. The van der Waals surface area contributed by atoms with Gasteiger partial charge in [0.1, 0.15) is 11.8 Å². The van der Waals surface area contributed by atoms with Crippen LogP contribution in [0.1, 0.15) is 23.7 Å². The third-order valence-electron chi connectivity index (χ3n) is 4.40. The Morgan fingerprint density at radius 3 is 2.41 bits per heavy atom. The smallest absolute Gasteiger partial charge is 0.409 e. The number of anilines is 2. The zero-order valence-corrected chi connectivity index (χ0v) is 15.3. The van der Waals surface area contributed by atoms with Crippen LogP contribution in [0.2, 0.25) is 0 Å². The quantitative estimate of drug-likeness (QED) is 0.788. The van der Waals surface area contributed by atoms with Gasteiger partial charge in [-0.1, -0.05) is 12.1 Å². The Kier molecular flexibility index (Phi) is 5.58. The number of carbonyl (C=O) groups excluding carboxylic acids is 3. The molecule has 0 fully saturated rings. The van der Waals surface area contributed by atoms with Gasteiger partial charge in [0.2, 0.25) is 5.91 Å². The van der Waals surface area contributed by atoms with Crippen LogP contribution in [0.5, 0.6) is 5.75 Å². The van der Waals surface area contributed by atoms with Gasteiger partial charge in [0, 0.05) is 5.56 Å². The zero-order chi connectivity index (χ0) is 21.2. The maximum atomic E-state index is 13.6. The van der Waals surface area contributed by atoms with Gasteiger partial charge in [-0.25, -0.2) is 0 Å². The average molecular weight is 406 g/mol. The molecule has 0 bridgehead atoms. The summed E-state index contributed by atoms with van der Waals surface area (Å²) in [6.45, 7) is 0.720. The van der Waals surface area contributed by atoms with E-state index >= 15 is 0 Å². The fourth-order valence-corrected chi connectivity index (χ4v) is 3.00. The van der Waals surface area contributed by atoms with Crippen LogP contribution in [0.25, 0.3) is 0 Å². The van der Waals surface area contributed by atoms with Gasteiger partial charge >= 0.3 is 6.18 Å². The van der Waals surface area contributed by atoms with Crippen LogP contribution >= 0.6 is 0 Å². The first-order valence-corrected chi connectivity index (χ1v) is 8.68. The number of ether oxygens (including phenoxy) is 1. The van der Waals surface area contributed by atoms with Crippen molar-refractivity contribution in [2.75, 3.05) is 16.8 Å². The van der Waals surface area contributed by atoms with E-state index in [2.05, 4.69) is 5.32 Å². The van der Waals surface area contributed by atoms with Gasteiger partial charge in [-0.3, -0.25) is 19.3 Å². The molecule has 1 aliphatic heterocycles. The number of hydrogen-bond donors (Lipinski definition) is 1. The van der Waals surface area contributed by atoms with E-state index in [1.807, 2.05) is 0 Å². The predicted octanol–water partition coefficient (Wildman–Crippen LogP) is 3.57. The first-order valence-electron chi connectivity index (χ1n) is 8.68. The second-order valence-electron chi connectivity index (χ2n) is 6.46. The molecule has 1 aliphatic rings. The number of alkyl halides is 3. The molecule has 1 heterocycles. The molecular weight excluding hydrogens is 389 g/mol. The topological polar surface area (TPSA) is 75.7 Å². The van der Waals surface area contributed by atoms with Crippen molar-refractivity contribution in [3.8, 4) is 5.75 Å². The van der Waals surface area contributed by atoms with Crippen molar-refractivity contribution in [3.63, 3.8) is 0 Å². The van der Waals surface area contributed by atoms with Gasteiger partial charge in [0.25, 0.3) is 5.91 Å². The average Bonchev–Trinajstić information content (AvgIpc) is 2.82. The number of nitrogens with one attached hydrogen (secondary N) is 1. The summed E-state index contributed by atoms with van der Waals surface area (Å²) in [5.74, 6) is -1.72. The Hall–Kier alpha value is -3.36. The van der Waals surface area contributed by atoms with Crippen molar-refractivity contribution in [1.82, 2.24) is 0 Å². The zero-order valence-electron chi connectivity index (χ0n) is 15.3. The number of para-hydroxylation sites is 2. The molecule has 0 radical (unpaired) electrons. The molecule has 152 valence electrons. The van der Waals surface area contributed by atoms with Crippen LogP contribution in [-0.2, 0) is 9.59 Å². The summed E-state index contributed by atoms with van der Waals surface area (Å²) >= 11 is 0. The van der Waals surface area contributed by atoms with Crippen molar-refractivity contribution in [2.24, 2.45) is 0 Å². The van der Waals surface area contributed by atoms with E-state index in [-0.39, 0.29) is 22.9 Å². The molecule has 0 unspecified atom stereocenters. The number of nitrogens with zero attached hydrogens (tertiary/aromatic N) is 1. The van der Waals surface area contributed by atoms with Crippen molar-refractivity contribution < 1.29 is 32.3 Å². The number of benzene rings is 2. The summed E-state index contributed by atoms with van der Waals surface area (Å²) in [7, 11) is 0. The van der Waals surface area contributed by atoms with E-state index in [0.717, 1.165) is 0 Å². The molecule has 0 spiro atoms. The predicted molar refractivity (Wildman–Crippen MR) is 99.0 cm³/mol. The summed E-state index contributed by atoms with van der Waals surface area (Å²) < 4.78 is 46.2. The molecular formula is C20H17F3N2O4. The number of hydrogen-bond acceptors (Lipinski definition) is 4. The second-order valence-corrected chi connectivity index (χ2v) is 6.46. The Morgan fingerprint density at radius 1 is 1.14 bits per heavy atom. The lowest BCUT2D eigenvalue weighted by Crippen LogP contribution is -2.51. The van der Waals surface area contributed by atoms with Gasteiger partial charge in [-0.2, -0.15) is 13.2 Å². The lowest BCUT2D eigenvalue weighted by Gasteiger charge is -2.31. The van der Waals surface area contributed by atoms with Crippen molar-refractivity contribution in [2.45, 2.75) is 25.6 Å². The molecule has 2 aromatic carbocycles. The van der Waals surface area contributed by atoms with E-state index in [0.29, 0.717) is 10.5 Å². The highest BCUT2D eigenvalue weighted by Crippen LogP contribution is 2.37. The standard InChI is InChI=1S/C20H17F3N2O4/c1-12(26)13-6-8-14(9-7-13)29-11-19(28)25-16-5-3-2-4-15(16)24-18(27)10-17(25)20(21,22)23/h2-9,17H,10-11H2,1H3,(H,24,27)/t17-/m1/s1. The van der Waals surface area contributed by atoms with Gasteiger partial charge in [-0.05, 0) is 43.3 Å². The number of ketones is 1. The molecule has 0 saturated carbocycles. The van der Waals surface area contributed by atoms with Crippen molar-refractivity contribution >= 4 is 29.0 Å². The molecule has 2 amide bonds. The number of Topliss-reactive ketones (excluding diaryl/α,β-unsaturated/α-hetero) is 1. The molecule has 2 aromatic rings. The van der Waals surface area contributed by atoms with Gasteiger partial charge in [-0.15, -0.1) is 0 Å². The van der Waals surface area contributed by atoms with E-state index in [4.69, 9.17) is 4.74 Å². The minimum absolute atomic E-state index is 0.0544. The molecule has 29 heavy (non-hydrogen) atoms. The molecule has 9 heteroatoms. The SMILES string of the molecule is CC(=O)c1ccc(OCC(=O)N2c3ccccc3NC(=O)C[C@@H]2C(F)(F)F)cc1. The van der Waals surface area contributed by atoms with E-state index < -0.39 is 37.1 Å². The van der Waals surface area contributed by atoms with Crippen molar-refractivity contribution in [1.29, 1.82) is 0 Å². The molecule has 0 aliphatic carbocycles. The number of halogens is 3. The maximum absolute atomic E-state index is 13.6. The third kappa shape index (κ3) is 4.56. The first kappa shape index (κ1) is 20.4. The third-order valence-corrected chi connectivity index (χ3v) is 4.40. The highest BCUT2D eigenvalue weighted by Gasteiger charge is 2.49. The lowest BCUT2D eigenvalue weighted by atomic mass is 10.1. The summed E-state index contributed by atoms with van der Waals surface area (Å²) in [6.07, 6.45) is -5.73. The normalized spacial score (nSPS) is 16.5.